The van der Waals surface area contributed by atoms with Crippen molar-refractivity contribution in [3.05, 3.63) is 65.0 Å². The van der Waals surface area contributed by atoms with Gasteiger partial charge in [0.15, 0.2) is 0 Å². The topological polar surface area (TPSA) is 181 Å². The summed E-state index contributed by atoms with van der Waals surface area (Å²) in [6.45, 7) is 2.07. The highest BCUT2D eigenvalue weighted by Gasteiger charge is 2.54. The number of pyridine rings is 3. The van der Waals surface area contributed by atoms with E-state index in [0.29, 0.717) is 22.8 Å². The number of rotatable bonds is 12. The van der Waals surface area contributed by atoms with Gasteiger partial charge in [-0.25, -0.2) is 4.98 Å². The van der Waals surface area contributed by atoms with Crippen molar-refractivity contribution in [1.29, 1.82) is 0 Å². The fraction of sp³-hybridized carbons (Fsp3) is 0.486. The highest BCUT2D eigenvalue weighted by molar-refractivity contribution is 6.36. The van der Waals surface area contributed by atoms with E-state index in [1.807, 2.05) is 0 Å². The molecule has 4 aliphatic carbocycles. The molecule has 4 aliphatic rings. The van der Waals surface area contributed by atoms with Crippen molar-refractivity contribution < 1.29 is 24.0 Å². The smallest absolute Gasteiger partial charge is 0.287 e. The number of ketones is 1. The van der Waals surface area contributed by atoms with Gasteiger partial charge in [0.25, 0.3) is 17.4 Å². The number of fused-ring (bicyclic) bond motifs is 1. The minimum Gasteiger partial charge on any atom is -0.353 e. The molecule has 0 aliphatic heterocycles. The Kier molecular flexibility index (Phi) is 9.38. The van der Waals surface area contributed by atoms with Gasteiger partial charge < -0.3 is 25.8 Å². The lowest BCUT2D eigenvalue weighted by molar-refractivity contribution is -0.137. The first-order valence-electron chi connectivity index (χ1n) is 16.6. The second-order valence-electron chi connectivity index (χ2n) is 13.6. The van der Waals surface area contributed by atoms with Gasteiger partial charge in [0.2, 0.25) is 17.6 Å². The quantitative estimate of drug-likeness (QED) is 0.215. The van der Waals surface area contributed by atoms with E-state index in [9.17, 15) is 28.8 Å². The first-order valence-corrected chi connectivity index (χ1v) is 16.6. The van der Waals surface area contributed by atoms with Crippen LogP contribution in [0.25, 0.3) is 10.9 Å². The van der Waals surface area contributed by atoms with Crippen molar-refractivity contribution in [3.8, 4) is 0 Å². The predicted molar refractivity (Wildman–Crippen MR) is 177 cm³/mol. The molecule has 2 unspecified atom stereocenters. The third-order valence-electron chi connectivity index (χ3n) is 10.6. The van der Waals surface area contributed by atoms with E-state index in [0.717, 1.165) is 37.0 Å². The van der Waals surface area contributed by atoms with Gasteiger partial charge in [-0.3, -0.25) is 33.8 Å². The van der Waals surface area contributed by atoms with Gasteiger partial charge in [0.1, 0.15) is 24.0 Å². The largest absolute Gasteiger partial charge is 0.353 e. The van der Waals surface area contributed by atoms with Gasteiger partial charge in [-0.2, -0.15) is 0 Å². The van der Waals surface area contributed by atoms with Crippen LogP contribution in [0.15, 0.2) is 53.7 Å². The number of hydrogen-bond acceptors (Lipinski definition) is 8. The summed E-state index contributed by atoms with van der Waals surface area (Å²) in [7, 11) is 1.32. The minimum absolute atomic E-state index is 0.0289. The van der Waals surface area contributed by atoms with E-state index in [2.05, 4.69) is 38.2 Å². The number of hydrogen-bond donors (Lipinski definition) is 4. The maximum absolute atomic E-state index is 13.5. The lowest BCUT2D eigenvalue weighted by Crippen LogP contribution is -2.59. The van der Waals surface area contributed by atoms with E-state index in [1.165, 1.54) is 42.8 Å². The average Bonchev–Trinajstić information content (AvgIpc) is 3.08. The molecule has 0 spiro atoms. The zero-order valence-electron chi connectivity index (χ0n) is 27.2. The molecule has 0 radical (unpaired) electrons. The highest BCUT2D eigenvalue weighted by Crippen LogP contribution is 2.61. The molecule has 7 rings (SSSR count). The van der Waals surface area contributed by atoms with Gasteiger partial charge in [-0.05, 0) is 92.0 Å². The molecule has 3 atom stereocenters. The van der Waals surface area contributed by atoms with Crippen LogP contribution in [0.4, 0.5) is 5.69 Å². The number of carbonyl (C=O) groups excluding carboxylic acids is 5. The summed E-state index contributed by atoms with van der Waals surface area (Å²) in [5, 5.41) is 11.3. The fourth-order valence-electron chi connectivity index (χ4n) is 8.35. The van der Waals surface area contributed by atoms with Crippen molar-refractivity contribution >= 4 is 46.0 Å². The molecule has 3 aromatic heterocycles. The first-order chi connectivity index (χ1) is 23.1. The van der Waals surface area contributed by atoms with E-state index in [4.69, 9.17) is 0 Å². The van der Waals surface area contributed by atoms with Crippen LogP contribution in [0.2, 0.25) is 0 Å². The second kappa shape index (κ2) is 13.7. The molecule has 0 saturated heterocycles. The third kappa shape index (κ3) is 6.85. The summed E-state index contributed by atoms with van der Waals surface area (Å²) in [5.41, 5.74) is 0.282. The van der Waals surface area contributed by atoms with Crippen LogP contribution in [0.1, 0.15) is 68.8 Å². The number of amides is 4. The molecule has 4 N–H and O–H groups in total. The minimum atomic E-state index is -1.29. The number of likely N-dealkylation sites (N-methyl/N-ethyl adjacent to an activating group) is 1. The molecule has 4 fully saturated rings. The summed E-state index contributed by atoms with van der Waals surface area (Å²) in [5.74, 6) is -1.62. The Morgan fingerprint density at radius 1 is 1.04 bits per heavy atom. The van der Waals surface area contributed by atoms with Crippen molar-refractivity contribution in [2.24, 2.45) is 23.2 Å². The Balaban J connectivity index is 1.13. The predicted octanol–water partition coefficient (Wildman–Crippen LogP) is 2.35. The zero-order valence-corrected chi connectivity index (χ0v) is 27.2. The SMILES string of the molecule is CCC12CC3CC(C1)C(NC(=O)Cn1cccc(NC(=O)[C@H](CCC(=O)C(=O)NC)NC(=O)c4ccc5cnccc5n4)c1=O)C(C3)C2. The van der Waals surface area contributed by atoms with Gasteiger partial charge >= 0.3 is 0 Å². The monoisotopic (exact) mass is 655 g/mol. The van der Waals surface area contributed by atoms with Crippen molar-refractivity contribution in [3.63, 3.8) is 0 Å². The summed E-state index contributed by atoms with van der Waals surface area (Å²) < 4.78 is 1.24. The van der Waals surface area contributed by atoms with Crippen LogP contribution in [-0.2, 0) is 25.7 Å². The Morgan fingerprint density at radius 2 is 1.81 bits per heavy atom. The first kappa shape index (κ1) is 33.0. The third-order valence-corrected chi connectivity index (χ3v) is 10.6. The van der Waals surface area contributed by atoms with Crippen LogP contribution in [-0.4, -0.2) is 63.1 Å². The number of Topliss-reactive ketones (excluding diaryl/α,β-unsaturated/α-hetero) is 1. The second-order valence-corrected chi connectivity index (χ2v) is 13.6. The van der Waals surface area contributed by atoms with Gasteiger partial charge in [-0.1, -0.05) is 13.3 Å². The highest BCUT2D eigenvalue weighted by atomic mass is 16.2. The summed E-state index contributed by atoms with van der Waals surface area (Å²) >= 11 is 0. The Bertz CT molecular complexity index is 1810. The summed E-state index contributed by atoms with van der Waals surface area (Å²) in [6.07, 6.45) is 11.1. The molecular weight excluding hydrogens is 614 g/mol. The average molecular weight is 656 g/mol. The standard InChI is InChI=1S/C35H41N7O6/c1-3-35-15-20-13-22(16-35)30(23(14-20)17-35)41-29(44)19-42-12-4-5-27(34(42)48)40-32(46)26(8-9-28(43)33(47)36-2)39-31(45)25-7-6-21-18-37-11-10-24(21)38-25/h4-7,10-12,18,20,22-23,26,30H,3,8-9,13-17,19H2,1-2H3,(H,36,47)(H,39,45)(H,40,46)(H,41,44)/t20?,22?,23?,26-,30?,35?/m0/s1. The van der Waals surface area contributed by atoms with Crippen molar-refractivity contribution in [1.82, 2.24) is 30.5 Å². The van der Waals surface area contributed by atoms with Crippen LogP contribution in [0, 0.1) is 23.2 Å². The Hall–Kier alpha value is -4.94. The molecule has 4 saturated carbocycles. The maximum Gasteiger partial charge on any atom is 0.287 e. The van der Waals surface area contributed by atoms with E-state index >= 15 is 0 Å². The fourth-order valence-corrected chi connectivity index (χ4v) is 8.35. The number of nitrogens with one attached hydrogen (secondary N) is 4. The van der Waals surface area contributed by atoms with Crippen LogP contribution >= 0.6 is 0 Å². The molecule has 48 heavy (non-hydrogen) atoms. The molecule has 252 valence electrons. The molecule has 4 bridgehead atoms. The molecule has 4 amide bonds. The molecule has 13 heteroatoms. The van der Waals surface area contributed by atoms with Crippen LogP contribution in [0.5, 0.6) is 0 Å². The van der Waals surface area contributed by atoms with E-state index in [-0.39, 0.29) is 42.7 Å². The molecule has 3 aromatic rings. The summed E-state index contributed by atoms with van der Waals surface area (Å²) in [6, 6.07) is 6.57. The van der Waals surface area contributed by atoms with Crippen molar-refractivity contribution in [2.75, 3.05) is 12.4 Å². The molecule has 13 nitrogen and oxygen atoms in total. The zero-order chi connectivity index (χ0) is 34.0. The Labute approximate surface area is 277 Å². The lowest BCUT2D eigenvalue weighted by Gasteiger charge is -2.60. The Morgan fingerprint density at radius 3 is 2.54 bits per heavy atom. The number of nitrogens with zero attached hydrogens (tertiary/aromatic N) is 3. The number of carbonyl (C=O) groups is 5. The van der Waals surface area contributed by atoms with E-state index in [1.54, 1.807) is 30.6 Å². The molecule has 3 heterocycles. The van der Waals surface area contributed by atoms with Crippen molar-refractivity contribution in [2.45, 2.75) is 76.9 Å². The molecule has 0 aromatic carbocycles. The van der Waals surface area contributed by atoms with Crippen LogP contribution < -0.4 is 26.8 Å². The molecular formula is C35H41N7O6. The van der Waals surface area contributed by atoms with Gasteiger partial charge in [0, 0.05) is 43.5 Å². The lowest BCUT2D eigenvalue weighted by atomic mass is 9.47. The number of anilines is 1. The van der Waals surface area contributed by atoms with Crippen LogP contribution in [0.3, 0.4) is 0 Å². The number of aromatic nitrogens is 3. The van der Waals surface area contributed by atoms with E-state index < -0.39 is 35.1 Å². The van der Waals surface area contributed by atoms with Gasteiger partial charge in [-0.15, -0.1) is 0 Å². The van der Waals surface area contributed by atoms with Gasteiger partial charge in [0.05, 0.1) is 5.52 Å². The normalized spacial score (nSPS) is 24.5. The maximum atomic E-state index is 13.5. The summed E-state index contributed by atoms with van der Waals surface area (Å²) in [4.78, 5) is 85.7.